The number of halogens is 6. The fourth-order valence-corrected chi connectivity index (χ4v) is 13.7. The molecule has 0 heterocycles. The van der Waals surface area contributed by atoms with Crippen LogP contribution >= 0.6 is 136 Å². The van der Waals surface area contributed by atoms with Crippen LogP contribution in [0.5, 0.6) is 11.5 Å². The monoisotopic (exact) mass is 1490 g/mol. The molecule has 24 heteroatoms. The van der Waals surface area contributed by atoms with Crippen molar-refractivity contribution in [1.29, 1.82) is 0 Å². The Morgan fingerprint density at radius 2 is 0.879 bits per heavy atom. The van der Waals surface area contributed by atoms with E-state index in [1.807, 2.05) is 136 Å². The molecule has 2 aromatic carbocycles. The van der Waals surface area contributed by atoms with Gasteiger partial charge in [0, 0.05) is 31.4 Å². The Kier molecular flexibility index (Phi) is 26.0. The molecule has 0 bridgehead atoms. The van der Waals surface area contributed by atoms with Crippen LogP contribution < -0.4 is 30.7 Å². The van der Waals surface area contributed by atoms with E-state index in [1.165, 1.54) is 13.8 Å². The normalized spacial score (nSPS) is 12.3. The molecular weight excluding hydrogens is 1450 g/mol. The molecular formula is C34H44I6N4O14. The van der Waals surface area contributed by atoms with Gasteiger partial charge in [0.05, 0.1) is 77.1 Å². The predicted octanol–water partition coefficient (Wildman–Crippen LogP) is 1.63. The van der Waals surface area contributed by atoms with E-state index in [1.54, 1.807) is 0 Å². The molecule has 2 unspecified atom stereocenters. The van der Waals surface area contributed by atoms with Gasteiger partial charge in [0.1, 0.15) is 11.5 Å². The lowest BCUT2D eigenvalue weighted by Crippen LogP contribution is -2.41. The highest BCUT2D eigenvalue weighted by Crippen LogP contribution is 2.48. The third kappa shape index (κ3) is 16.3. The number of hydrogen-bond donors (Lipinski definition) is 10. The zero-order valence-electron chi connectivity index (χ0n) is 31.0. The lowest BCUT2D eigenvalue weighted by atomic mass is 9.99. The second kappa shape index (κ2) is 27.9. The summed E-state index contributed by atoms with van der Waals surface area (Å²) in [6.45, 7) is 0.655. The Balaban J connectivity index is 2.82. The third-order valence-electron chi connectivity index (χ3n) is 7.51. The second-order valence-corrected chi connectivity index (χ2v) is 18.5. The molecule has 2 rings (SSSR count). The predicted molar refractivity (Wildman–Crippen MR) is 261 cm³/mol. The van der Waals surface area contributed by atoms with E-state index in [9.17, 15) is 49.8 Å². The molecule has 4 amide bonds. The summed E-state index contributed by atoms with van der Waals surface area (Å²) in [6.07, 6.45) is -1.05. The Labute approximate surface area is 416 Å². The molecule has 326 valence electrons. The second-order valence-electron chi connectivity index (χ2n) is 12.0. The van der Waals surface area contributed by atoms with Crippen LogP contribution in [-0.4, -0.2) is 145 Å². The smallest absolute Gasteiger partial charge is 0.257 e. The molecule has 0 saturated carbocycles. The first-order valence-electron chi connectivity index (χ1n) is 17.3. The van der Waals surface area contributed by atoms with E-state index in [0.717, 1.165) is 0 Å². The number of rotatable bonds is 25. The van der Waals surface area contributed by atoms with E-state index < -0.39 is 87.9 Å². The number of carbonyl (C=O) groups excluding carboxylic acids is 4. The highest BCUT2D eigenvalue weighted by atomic mass is 127. The summed E-state index contributed by atoms with van der Waals surface area (Å²) < 4.78 is 24.6. The number of aliphatic hydroxyl groups is 6. The summed E-state index contributed by atoms with van der Waals surface area (Å²) in [4.78, 5) is 53.6. The van der Waals surface area contributed by atoms with Crippen molar-refractivity contribution >= 4 is 159 Å². The van der Waals surface area contributed by atoms with Gasteiger partial charge < -0.3 is 70.9 Å². The van der Waals surface area contributed by atoms with Gasteiger partial charge in [0.2, 0.25) is 0 Å². The van der Waals surface area contributed by atoms with Crippen LogP contribution in [-0.2, 0) is 19.1 Å². The first kappa shape index (κ1) is 54.1. The average Bonchev–Trinajstić information content (AvgIpc) is 3.16. The zero-order chi connectivity index (χ0) is 43.7. The Bertz CT molecular complexity index is 1610. The molecule has 18 nitrogen and oxygen atoms in total. The minimum absolute atomic E-state index is 0.0763. The van der Waals surface area contributed by atoms with Crippen LogP contribution in [0.2, 0.25) is 0 Å². The summed E-state index contributed by atoms with van der Waals surface area (Å²) >= 11 is 11.8. The summed E-state index contributed by atoms with van der Waals surface area (Å²) in [6, 6.07) is -2.02. The molecule has 10 N–H and O–H groups in total. The molecule has 58 heavy (non-hydrogen) atoms. The van der Waals surface area contributed by atoms with Crippen LogP contribution in [0.1, 0.15) is 47.4 Å². The summed E-state index contributed by atoms with van der Waals surface area (Å²) in [5.41, 5.74) is 0.920. The molecule has 2 aromatic rings. The topological polar surface area (TPSA) is 275 Å². The highest BCUT2D eigenvalue weighted by molar-refractivity contribution is 14.1. The SMILES string of the molecule is CC(O)OCCCNC(=O)COc1c(I)c(C(=O)NC(CO)CO)c(I)c(-c2c(I)c(OCC(=O)NCCCOC(C)O)c(I)c(C(=O)NC(CO)CO)c2I)c1I. The van der Waals surface area contributed by atoms with E-state index in [0.29, 0.717) is 45.4 Å². The van der Waals surface area contributed by atoms with Gasteiger partial charge in [-0.3, -0.25) is 19.2 Å². The Morgan fingerprint density at radius 3 is 1.17 bits per heavy atom. The highest BCUT2D eigenvalue weighted by Gasteiger charge is 2.34. The third-order valence-corrected chi connectivity index (χ3v) is 13.8. The van der Waals surface area contributed by atoms with E-state index in [4.69, 9.17) is 18.9 Å². The van der Waals surface area contributed by atoms with Crippen molar-refractivity contribution in [2.75, 3.05) is 65.9 Å². The number of carbonyl (C=O) groups is 4. The van der Waals surface area contributed by atoms with Gasteiger partial charge in [0.25, 0.3) is 23.6 Å². The van der Waals surface area contributed by atoms with Crippen LogP contribution in [0.15, 0.2) is 0 Å². The maximum Gasteiger partial charge on any atom is 0.257 e. The first-order chi connectivity index (χ1) is 27.4. The standard InChI is InChI=1S/C34H44I6N4O14/c1-15(49)55-7-3-5-41-19(51)13-57-31-27(37)21(25(35)23(29(31)39)33(53)43-17(9-45)10-46)22-26(36)24(34(54)44-18(11-47)12-48)30(40)32(28(22)38)58-14-20(52)42-6-4-8-56-16(2)50/h15-18,45-50H,3-14H2,1-2H3,(H,41,51)(H,42,52)(H,43,53)(H,44,54). The largest absolute Gasteiger partial charge is 0.482 e. The summed E-state index contributed by atoms with van der Waals surface area (Å²) in [7, 11) is 0. The van der Waals surface area contributed by atoms with Crippen LogP contribution in [0, 0.1) is 21.4 Å². The Morgan fingerprint density at radius 1 is 0.552 bits per heavy atom. The van der Waals surface area contributed by atoms with Gasteiger partial charge in [0.15, 0.2) is 25.8 Å². The summed E-state index contributed by atoms with van der Waals surface area (Å²) in [5.74, 6) is -2.06. The minimum Gasteiger partial charge on any atom is -0.482 e. The van der Waals surface area contributed by atoms with Gasteiger partial charge in [-0.15, -0.1) is 0 Å². The maximum absolute atomic E-state index is 13.9. The maximum atomic E-state index is 13.9. The summed E-state index contributed by atoms with van der Waals surface area (Å²) in [5, 5.41) is 68.3. The molecule has 0 saturated heterocycles. The fraction of sp³-hybridized carbons (Fsp3) is 0.529. The van der Waals surface area contributed by atoms with Gasteiger partial charge in [-0.1, -0.05) is 0 Å². The molecule has 0 spiro atoms. The van der Waals surface area contributed by atoms with Crippen LogP contribution in [0.25, 0.3) is 11.1 Å². The number of nitrogens with one attached hydrogen (secondary N) is 4. The minimum atomic E-state index is -1.01. The number of ether oxygens (including phenoxy) is 4. The van der Waals surface area contributed by atoms with Crippen LogP contribution in [0.4, 0.5) is 0 Å². The van der Waals surface area contributed by atoms with E-state index in [-0.39, 0.29) is 48.9 Å². The average molecular weight is 1490 g/mol. The fourth-order valence-electron chi connectivity index (χ4n) is 4.67. The van der Waals surface area contributed by atoms with Crippen molar-refractivity contribution in [3.05, 3.63) is 32.5 Å². The van der Waals surface area contributed by atoms with Gasteiger partial charge in [-0.2, -0.15) is 0 Å². The first-order valence-corrected chi connectivity index (χ1v) is 23.8. The Hall–Kier alpha value is -0.0200. The number of hydrogen-bond acceptors (Lipinski definition) is 14. The molecule has 0 radical (unpaired) electrons. The van der Waals surface area contributed by atoms with Gasteiger partial charge in [-0.05, 0) is 162 Å². The van der Waals surface area contributed by atoms with Crippen LogP contribution in [0.3, 0.4) is 0 Å². The van der Waals surface area contributed by atoms with Crippen molar-refractivity contribution in [3.8, 4) is 22.6 Å². The molecule has 0 aliphatic rings. The van der Waals surface area contributed by atoms with Crippen molar-refractivity contribution in [2.45, 2.75) is 51.4 Å². The van der Waals surface area contributed by atoms with E-state index in [2.05, 4.69) is 21.3 Å². The van der Waals surface area contributed by atoms with Crippen molar-refractivity contribution in [1.82, 2.24) is 21.3 Å². The van der Waals surface area contributed by atoms with Crippen molar-refractivity contribution in [3.63, 3.8) is 0 Å². The number of benzene rings is 2. The number of amides is 4. The van der Waals surface area contributed by atoms with Crippen molar-refractivity contribution < 1.29 is 68.8 Å². The zero-order valence-corrected chi connectivity index (χ0v) is 44.0. The molecule has 0 fully saturated rings. The molecule has 2 atom stereocenters. The van der Waals surface area contributed by atoms with Gasteiger partial charge >= 0.3 is 0 Å². The van der Waals surface area contributed by atoms with E-state index >= 15 is 0 Å². The quantitative estimate of drug-likeness (QED) is 0.0385. The molecule has 0 aromatic heterocycles. The van der Waals surface area contributed by atoms with Gasteiger partial charge in [-0.25, -0.2) is 0 Å². The van der Waals surface area contributed by atoms with Crippen molar-refractivity contribution in [2.24, 2.45) is 0 Å². The lowest BCUT2D eigenvalue weighted by molar-refractivity contribution is -0.124. The molecule has 0 aliphatic heterocycles. The number of aliphatic hydroxyl groups excluding tert-OH is 6. The lowest BCUT2D eigenvalue weighted by Gasteiger charge is -2.25. The molecule has 0 aliphatic carbocycles.